The predicted octanol–water partition coefficient (Wildman–Crippen LogP) is 0.501. The lowest BCUT2D eigenvalue weighted by Crippen LogP contribution is -2.62. The molecule has 4 rings (SSSR count). The predicted molar refractivity (Wildman–Crippen MR) is 85.5 cm³/mol. The summed E-state index contributed by atoms with van der Waals surface area (Å²) >= 11 is 0.984. The molecule has 1 aromatic carbocycles. The molecule has 2 aromatic rings. The highest BCUT2D eigenvalue weighted by Gasteiger charge is 2.43. The number of fused-ring (bicyclic) bond motifs is 1. The molecule has 0 N–H and O–H groups in total. The SMILES string of the molecule is O=C(Cn1c(=O)oc2ccccc21)N1CC(N2C(=O)CSC2=O)C1. The van der Waals surface area contributed by atoms with Crippen LogP contribution < -0.4 is 5.76 Å². The van der Waals surface area contributed by atoms with Crippen molar-refractivity contribution >= 4 is 39.9 Å². The monoisotopic (exact) mass is 347 g/mol. The molecule has 2 aliphatic heterocycles. The van der Waals surface area contributed by atoms with Gasteiger partial charge >= 0.3 is 5.76 Å². The zero-order chi connectivity index (χ0) is 16.8. The minimum Gasteiger partial charge on any atom is -0.408 e. The van der Waals surface area contributed by atoms with Crippen LogP contribution in [0.15, 0.2) is 33.5 Å². The first-order valence-corrected chi connectivity index (χ1v) is 8.38. The Morgan fingerprint density at radius 1 is 1.21 bits per heavy atom. The molecule has 0 unspecified atom stereocenters. The maximum atomic E-state index is 12.3. The Hall–Kier alpha value is -2.55. The van der Waals surface area contributed by atoms with Gasteiger partial charge in [0.1, 0.15) is 6.54 Å². The van der Waals surface area contributed by atoms with Crippen LogP contribution in [0.3, 0.4) is 0 Å². The number of para-hydroxylation sites is 2. The maximum absolute atomic E-state index is 12.3. The van der Waals surface area contributed by atoms with Crippen molar-refractivity contribution in [2.75, 3.05) is 18.8 Å². The quantitative estimate of drug-likeness (QED) is 0.803. The van der Waals surface area contributed by atoms with Gasteiger partial charge in [-0.25, -0.2) is 4.79 Å². The summed E-state index contributed by atoms with van der Waals surface area (Å²) in [6.45, 7) is 0.488. The third-order valence-corrected chi connectivity index (χ3v) is 5.07. The minimum atomic E-state index is -0.581. The molecule has 2 aliphatic rings. The second-order valence-corrected chi connectivity index (χ2v) is 6.62. The molecule has 0 aliphatic carbocycles. The summed E-state index contributed by atoms with van der Waals surface area (Å²) in [5.41, 5.74) is 0.997. The Morgan fingerprint density at radius 3 is 2.67 bits per heavy atom. The van der Waals surface area contributed by atoms with Crippen LogP contribution in [0.1, 0.15) is 0 Å². The zero-order valence-corrected chi connectivity index (χ0v) is 13.3. The number of rotatable bonds is 3. The molecule has 0 saturated carbocycles. The number of benzene rings is 1. The van der Waals surface area contributed by atoms with Crippen molar-refractivity contribution in [1.29, 1.82) is 0 Å². The second kappa shape index (κ2) is 5.52. The van der Waals surface area contributed by atoms with Crippen molar-refractivity contribution in [1.82, 2.24) is 14.4 Å². The van der Waals surface area contributed by atoms with Gasteiger partial charge in [0.15, 0.2) is 5.58 Å². The van der Waals surface area contributed by atoms with Crippen LogP contribution in [0.5, 0.6) is 0 Å². The third kappa shape index (κ3) is 2.32. The average molecular weight is 347 g/mol. The van der Waals surface area contributed by atoms with E-state index in [4.69, 9.17) is 4.42 Å². The first kappa shape index (κ1) is 15.0. The molecule has 0 radical (unpaired) electrons. The number of aromatic nitrogens is 1. The van der Waals surface area contributed by atoms with Crippen LogP contribution in [-0.4, -0.2) is 56.3 Å². The number of likely N-dealkylation sites (tertiary alicyclic amines) is 1. The average Bonchev–Trinajstić information content (AvgIpc) is 3.00. The van der Waals surface area contributed by atoms with E-state index >= 15 is 0 Å². The third-order valence-electron chi connectivity index (χ3n) is 4.23. The molecular formula is C15H13N3O5S. The molecule has 0 atom stereocenters. The Bertz CT molecular complexity index is 895. The molecule has 24 heavy (non-hydrogen) atoms. The van der Waals surface area contributed by atoms with Crippen LogP contribution in [0.2, 0.25) is 0 Å². The minimum absolute atomic E-state index is 0.126. The molecular weight excluding hydrogens is 334 g/mol. The number of oxazole rings is 1. The lowest BCUT2D eigenvalue weighted by molar-refractivity contribution is -0.142. The van der Waals surface area contributed by atoms with Gasteiger partial charge in [0.25, 0.3) is 5.24 Å². The fourth-order valence-corrected chi connectivity index (χ4v) is 3.71. The van der Waals surface area contributed by atoms with Gasteiger partial charge in [-0.05, 0) is 12.1 Å². The van der Waals surface area contributed by atoms with Gasteiger partial charge in [-0.15, -0.1) is 0 Å². The normalized spacial score (nSPS) is 18.5. The van der Waals surface area contributed by atoms with Crippen LogP contribution in [-0.2, 0) is 16.1 Å². The fourth-order valence-electron chi connectivity index (χ4n) is 2.94. The molecule has 2 fully saturated rings. The molecule has 8 nitrogen and oxygen atoms in total. The lowest BCUT2D eigenvalue weighted by Gasteiger charge is -2.42. The molecule has 124 valence electrons. The maximum Gasteiger partial charge on any atom is 0.420 e. The van der Waals surface area contributed by atoms with E-state index in [2.05, 4.69) is 0 Å². The summed E-state index contributed by atoms with van der Waals surface area (Å²) in [5, 5.41) is -0.255. The lowest BCUT2D eigenvalue weighted by atomic mass is 10.1. The van der Waals surface area contributed by atoms with Crippen molar-refractivity contribution in [3.63, 3.8) is 0 Å². The highest BCUT2D eigenvalue weighted by molar-refractivity contribution is 8.14. The van der Waals surface area contributed by atoms with Gasteiger partial charge in [0.2, 0.25) is 11.8 Å². The van der Waals surface area contributed by atoms with Crippen molar-refractivity contribution in [3.05, 3.63) is 34.8 Å². The van der Waals surface area contributed by atoms with Gasteiger partial charge in [-0.1, -0.05) is 23.9 Å². The number of carbonyl (C=O) groups excluding carboxylic acids is 3. The topological polar surface area (TPSA) is 92.8 Å². The molecule has 9 heteroatoms. The van der Waals surface area contributed by atoms with E-state index in [-0.39, 0.29) is 35.4 Å². The number of hydrogen-bond acceptors (Lipinski definition) is 6. The number of hydrogen-bond donors (Lipinski definition) is 0. The highest BCUT2D eigenvalue weighted by Crippen LogP contribution is 2.26. The highest BCUT2D eigenvalue weighted by atomic mass is 32.2. The van der Waals surface area contributed by atoms with E-state index in [1.807, 2.05) is 0 Å². The van der Waals surface area contributed by atoms with Gasteiger partial charge < -0.3 is 9.32 Å². The van der Waals surface area contributed by atoms with Crippen molar-refractivity contribution < 1.29 is 18.8 Å². The summed E-state index contributed by atoms with van der Waals surface area (Å²) < 4.78 is 6.38. The van der Waals surface area contributed by atoms with Crippen molar-refractivity contribution in [3.8, 4) is 0 Å². The standard InChI is InChI=1S/C15H13N3O5S/c19-12(7-17-10-3-1-2-4-11(10)23-14(17)21)16-5-9(6-16)18-13(20)8-24-15(18)22/h1-4,9H,5-8H2. The van der Waals surface area contributed by atoms with Gasteiger partial charge in [-0.3, -0.25) is 23.9 Å². The Morgan fingerprint density at radius 2 is 1.96 bits per heavy atom. The van der Waals surface area contributed by atoms with Crippen LogP contribution >= 0.6 is 11.8 Å². The van der Waals surface area contributed by atoms with Gasteiger partial charge in [0.05, 0.1) is 17.3 Å². The molecule has 3 amide bonds. The first-order chi connectivity index (χ1) is 11.5. The Labute approximate surface area is 140 Å². The smallest absolute Gasteiger partial charge is 0.408 e. The number of nitrogens with zero attached hydrogens (tertiary/aromatic N) is 3. The largest absolute Gasteiger partial charge is 0.420 e. The van der Waals surface area contributed by atoms with Gasteiger partial charge in [0, 0.05) is 13.1 Å². The van der Waals surface area contributed by atoms with E-state index < -0.39 is 5.76 Å². The van der Waals surface area contributed by atoms with Crippen LogP contribution in [0.25, 0.3) is 11.1 Å². The fraction of sp³-hybridized carbons (Fsp3) is 0.333. The summed E-state index contributed by atoms with van der Waals surface area (Å²) in [7, 11) is 0. The van der Waals surface area contributed by atoms with Crippen molar-refractivity contribution in [2.24, 2.45) is 0 Å². The van der Waals surface area contributed by atoms with E-state index in [9.17, 15) is 19.2 Å². The molecule has 3 heterocycles. The molecule has 1 aromatic heterocycles. The zero-order valence-electron chi connectivity index (χ0n) is 12.5. The summed E-state index contributed by atoms with van der Waals surface area (Å²) in [5.74, 6) is -0.867. The molecule has 2 saturated heterocycles. The second-order valence-electron chi connectivity index (χ2n) is 5.69. The van der Waals surface area contributed by atoms with Crippen molar-refractivity contribution in [2.45, 2.75) is 12.6 Å². The number of amides is 3. The van der Waals surface area contributed by atoms with E-state index in [0.29, 0.717) is 24.2 Å². The van der Waals surface area contributed by atoms with E-state index in [1.165, 1.54) is 14.4 Å². The van der Waals surface area contributed by atoms with E-state index in [0.717, 1.165) is 11.8 Å². The number of carbonyl (C=O) groups is 3. The van der Waals surface area contributed by atoms with Gasteiger partial charge in [-0.2, -0.15) is 0 Å². The van der Waals surface area contributed by atoms with Crippen LogP contribution in [0, 0.1) is 0 Å². The summed E-state index contributed by atoms with van der Waals surface area (Å²) in [6, 6.07) is 6.63. The summed E-state index contributed by atoms with van der Waals surface area (Å²) in [4.78, 5) is 50.3. The Kier molecular flexibility index (Phi) is 3.45. The number of thioether (sulfide) groups is 1. The Balaban J connectivity index is 1.45. The van der Waals surface area contributed by atoms with E-state index in [1.54, 1.807) is 24.3 Å². The van der Waals surface area contributed by atoms with Crippen LogP contribution in [0.4, 0.5) is 4.79 Å². The first-order valence-electron chi connectivity index (χ1n) is 7.39. The number of imide groups is 1. The molecule has 0 spiro atoms. The molecule has 0 bridgehead atoms. The summed E-state index contributed by atoms with van der Waals surface area (Å²) in [6.07, 6.45) is 0.